The van der Waals surface area contributed by atoms with Gasteiger partial charge < -0.3 is 0 Å². The summed E-state index contributed by atoms with van der Waals surface area (Å²) >= 11 is 11.8. The predicted octanol–water partition coefficient (Wildman–Crippen LogP) is 5.05. The van der Waals surface area contributed by atoms with Crippen molar-refractivity contribution in [1.82, 2.24) is 0 Å². The van der Waals surface area contributed by atoms with Crippen molar-refractivity contribution in [2.75, 3.05) is 0 Å². The van der Waals surface area contributed by atoms with Crippen molar-refractivity contribution < 1.29 is 0 Å². The van der Waals surface area contributed by atoms with Gasteiger partial charge in [-0.1, -0.05) is 35.3 Å². The molecule has 86 valence electrons. The van der Waals surface area contributed by atoms with Crippen LogP contribution in [0.15, 0.2) is 47.5 Å². The van der Waals surface area contributed by atoms with Gasteiger partial charge in [-0.15, -0.1) is 0 Å². The van der Waals surface area contributed by atoms with Crippen LogP contribution in [0.5, 0.6) is 0 Å². The molecule has 0 aliphatic rings. The first-order valence-corrected chi connectivity index (χ1v) is 5.96. The second kappa shape index (κ2) is 5.35. The molecule has 17 heavy (non-hydrogen) atoms. The number of aryl methyl sites for hydroxylation is 1. The smallest absolute Gasteiger partial charge is 0.0660 e. The zero-order valence-electron chi connectivity index (χ0n) is 9.32. The molecule has 0 spiro atoms. The fourth-order valence-electron chi connectivity index (χ4n) is 1.49. The van der Waals surface area contributed by atoms with Crippen LogP contribution >= 0.6 is 23.2 Å². The molecule has 0 aromatic heterocycles. The first-order valence-electron chi connectivity index (χ1n) is 5.21. The summed E-state index contributed by atoms with van der Waals surface area (Å²) in [4.78, 5) is 4.42. The highest BCUT2D eigenvalue weighted by Crippen LogP contribution is 2.22. The number of hydrogen-bond acceptors (Lipinski definition) is 1. The van der Waals surface area contributed by atoms with E-state index in [4.69, 9.17) is 23.2 Å². The van der Waals surface area contributed by atoms with Crippen LogP contribution in [0.3, 0.4) is 0 Å². The molecule has 2 rings (SSSR count). The summed E-state index contributed by atoms with van der Waals surface area (Å²) in [6.45, 7) is 1.98. The SMILES string of the molecule is Cc1cc(Cl)ccc1/N=C/c1cccc(Cl)c1. The van der Waals surface area contributed by atoms with E-state index < -0.39 is 0 Å². The van der Waals surface area contributed by atoms with Crippen LogP contribution in [-0.4, -0.2) is 6.21 Å². The minimum absolute atomic E-state index is 0.710. The molecule has 0 atom stereocenters. The number of benzene rings is 2. The molecule has 0 aliphatic carbocycles. The van der Waals surface area contributed by atoms with Gasteiger partial charge in [-0.05, 0) is 48.4 Å². The lowest BCUT2D eigenvalue weighted by atomic mass is 10.2. The van der Waals surface area contributed by atoms with Gasteiger partial charge in [0.2, 0.25) is 0 Å². The topological polar surface area (TPSA) is 12.4 Å². The maximum atomic E-state index is 5.90. The standard InChI is InChI=1S/C14H11Cl2N/c1-10-7-13(16)5-6-14(10)17-9-11-3-2-4-12(15)8-11/h2-9H,1H3/b17-9+. The van der Waals surface area contributed by atoms with Crippen molar-refractivity contribution >= 4 is 35.1 Å². The Morgan fingerprint density at radius 1 is 1.00 bits per heavy atom. The van der Waals surface area contributed by atoms with E-state index in [-0.39, 0.29) is 0 Å². The zero-order valence-corrected chi connectivity index (χ0v) is 10.8. The van der Waals surface area contributed by atoms with E-state index in [1.165, 1.54) is 0 Å². The first-order chi connectivity index (χ1) is 8.15. The Labute approximate surface area is 111 Å². The van der Waals surface area contributed by atoms with E-state index in [9.17, 15) is 0 Å². The van der Waals surface area contributed by atoms with E-state index >= 15 is 0 Å². The summed E-state index contributed by atoms with van der Waals surface area (Å²) in [6.07, 6.45) is 1.79. The number of rotatable bonds is 2. The number of aliphatic imine (C=N–C) groups is 1. The molecule has 0 aliphatic heterocycles. The van der Waals surface area contributed by atoms with Crippen molar-refractivity contribution in [2.45, 2.75) is 6.92 Å². The molecule has 2 aromatic rings. The Kier molecular flexibility index (Phi) is 3.82. The summed E-state index contributed by atoms with van der Waals surface area (Å²) in [5.74, 6) is 0. The van der Waals surface area contributed by atoms with Gasteiger partial charge in [0.05, 0.1) is 5.69 Å². The Morgan fingerprint density at radius 2 is 1.76 bits per heavy atom. The normalized spacial score (nSPS) is 11.0. The highest BCUT2D eigenvalue weighted by Gasteiger charge is 1.96. The van der Waals surface area contributed by atoms with Crippen molar-refractivity contribution in [3.05, 3.63) is 63.6 Å². The van der Waals surface area contributed by atoms with Gasteiger partial charge in [0, 0.05) is 16.3 Å². The summed E-state index contributed by atoms with van der Waals surface area (Å²) in [6, 6.07) is 13.2. The van der Waals surface area contributed by atoms with E-state index in [2.05, 4.69) is 4.99 Å². The maximum Gasteiger partial charge on any atom is 0.0660 e. The van der Waals surface area contributed by atoms with Gasteiger partial charge >= 0.3 is 0 Å². The fraction of sp³-hybridized carbons (Fsp3) is 0.0714. The Bertz CT molecular complexity index is 562. The van der Waals surface area contributed by atoms with Crippen molar-refractivity contribution in [3.63, 3.8) is 0 Å². The predicted molar refractivity (Wildman–Crippen MR) is 74.9 cm³/mol. The minimum atomic E-state index is 0.710. The molecule has 0 unspecified atom stereocenters. The van der Waals surface area contributed by atoms with E-state index in [0.29, 0.717) is 5.02 Å². The van der Waals surface area contributed by atoms with E-state index in [1.807, 2.05) is 49.4 Å². The monoisotopic (exact) mass is 263 g/mol. The van der Waals surface area contributed by atoms with Gasteiger partial charge in [-0.25, -0.2) is 0 Å². The molecule has 0 fully saturated rings. The van der Waals surface area contributed by atoms with Gasteiger partial charge in [0.1, 0.15) is 0 Å². The van der Waals surface area contributed by atoms with Crippen LogP contribution < -0.4 is 0 Å². The lowest BCUT2D eigenvalue weighted by molar-refractivity contribution is 1.40. The third-order valence-corrected chi connectivity index (χ3v) is 2.83. The Hall–Kier alpha value is -1.31. The Balaban J connectivity index is 2.26. The van der Waals surface area contributed by atoms with Crippen molar-refractivity contribution in [2.24, 2.45) is 4.99 Å². The molecule has 0 radical (unpaired) electrons. The maximum absolute atomic E-state index is 5.90. The van der Waals surface area contributed by atoms with Gasteiger partial charge in [0.15, 0.2) is 0 Å². The van der Waals surface area contributed by atoms with Crippen LogP contribution in [0.4, 0.5) is 5.69 Å². The molecule has 2 aromatic carbocycles. The first kappa shape index (κ1) is 12.2. The third-order valence-electron chi connectivity index (χ3n) is 2.36. The molecule has 3 heteroatoms. The van der Waals surface area contributed by atoms with E-state index in [0.717, 1.165) is 21.8 Å². The highest BCUT2D eigenvalue weighted by molar-refractivity contribution is 6.31. The van der Waals surface area contributed by atoms with E-state index in [1.54, 1.807) is 6.21 Å². The average molecular weight is 264 g/mol. The van der Waals surface area contributed by atoms with Crippen LogP contribution in [-0.2, 0) is 0 Å². The molecule has 0 heterocycles. The minimum Gasteiger partial charge on any atom is -0.256 e. The largest absolute Gasteiger partial charge is 0.256 e. The van der Waals surface area contributed by atoms with Gasteiger partial charge in [0.25, 0.3) is 0 Å². The number of halogens is 2. The summed E-state index contributed by atoms with van der Waals surface area (Å²) < 4.78 is 0. The zero-order chi connectivity index (χ0) is 12.3. The molecule has 0 saturated heterocycles. The van der Waals surface area contributed by atoms with Crippen molar-refractivity contribution in [1.29, 1.82) is 0 Å². The second-order valence-electron chi connectivity index (χ2n) is 3.74. The summed E-state index contributed by atoms with van der Waals surface area (Å²) in [5, 5.41) is 1.44. The molecule has 0 saturated carbocycles. The number of nitrogens with zero attached hydrogens (tertiary/aromatic N) is 1. The molecular weight excluding hydrogens is 253 g/mol. The fourth-order valence-corrected chi connectivity index (χ4v) is 1.92. The molecule has 0 N–H and O–H groups in total. The third kappa shape index (κ3) is 3.32. The van der Waals surface area contributed by atoms with Gasteiger partial charge in [-0.2, -0.15) is 0 Å². The lowest BCUT2D eigenvalue weighted by Gasteiger charge is -2.00. The molecular formula is C14H11Cl2N. The summed E-state index contributed by atoms with van der Waals surface area (Å²) in [5.41, 5.74) is 2.94. The summed E-state index contributed by atoms with van der Waals surface area (Å²) in [7, 11) is 0. The van der Waals surface area contributed by atoms with Crippen LogP contribution in [0, 0.1) is 6.92 Å². The van der Waals surface area contributed by atoms with Crippen LogP contribution in [0.1, 0.15) is 11.1 Å². The number of hydrogen-bond donors (Lipinski definition) is 0. The average Bonchev–Trinajstić information content (AvgIpc) is 2.28. The highest BCUT2D eigenvalue weighted by atomic mass is 35.5. The van der Waals surface area contributed by atoms with Gasteiger partial charge in [-0.3, -0.25) is 4.99 Å². The lowest BCUT2D eigenvalue weighted by Crippen LogP contribution is -1.81. The molecule has 0 bridgehead atoms. The quantitative estimate of drug-likeness (QED) is 0.673. The van der Waals surface area contributed by atoms with Crippen LogP contribution in [0.2, 0.25) is 10.0 Å². The van der Waals surface area contributed by atoms with Crippen LogP contribution in [0.25, 0.3) is 0 Å². The van der Waals surface area contributed by atoms with Crippen molar-refractivity contribution in [3.8, 4) is 0 Å². The second-order valence-corrected chi connectivity index (χ2v) is 4.62. The molecule has 0 amide bonds. The molecule has 1 nitrogen and oxygen atoms in total. The Morgan fingerprint density at radius 3 is 2.47 bits per heavy atom.